The van der Waals surface area contributed by atoms with Gasteiger partial charge in [-0.2, -0.15) is 0 Å². The van der Waals surface area contributed by atoms with Crippen LogP contribution in [-0.4, -0.2) is 26.0 Å². The fraction of sp³-hybridized carbons (Fsp3) is 0.562. The van der Waals surface area contributed by atoms with Crippen LogP contribution >= 0.6 is 0 Å². The van der Waals surface area contributed by atoms with Crippen LogP contribution in [0.4, 0.5) is 0 Å². The van der Waals surface area contributed by atoms with E-state index in [0.717, 1.165) is 32.4 Å². The average molecular weight is 260 g/mol. The van der Waals surface area contributed by atoms with Gasteiger partial charge in [0.1, 0.15) is 0 Å². The van der Waals surface area contributed by atoms with Gasteiger partial charge in [0.15, 0.2) is 0 Å². The number of fused-ring (bicyclic) bond motifs is 1. The largest absolute Gasteiger partial charge is 0.355 e. The molecule has 3 nitrogen and oxygen atoms in total. The van der Waals surface area contributed by atoms with Crippen LogP contribution in [0.2, 0.25) is 0 Å². The van der Waals surface area contributed by atoms with Gasteiger partial charge in [-0.25, -0.2) is 0 Å². The molecule has 1 aromatic carbocycles. The van der Waals surface area contributed by atoms with Gasteiger partial charge < -0.3 is 10.6 Å². The van der Waals surface area contributed by atoms with Crippen LogP contribution < -0.4 is 10.6 Å². The number of aryl methyl sites for hydroxylation is 1. The normalized spacial score (nSPS) is 19.6. The molecular formula is C16H24N2O. The van der Waals surface area contributed by atoms with Crippen molar-refractivity contribution in [2.45, 2.75) is 32.1 Å². The maximum Gasteiger partial charge on any atom is 0.227 e. The Labute approximate surface area is 115 Å². The Morgan fingerprint density at radius 1 is 1.37 bits per heavy atom. The molecule has 104 valence electrons. The Hall–Kier alpha value is -1.35. The first-order valence-corrected chi connectivity index (χ1v) is 7.22. The zero-order valence-corrected chi connectivity index (χ0v) is 11.9. The van der Waals surface area contributed by atoms with Crippen molar-refractivity contribution < 1.29 is 4.79 Å². The second-order valence-electron chi connectivity index (χ2n) is 5.55. The van der Waals surface area contributed by atoms with Crippen LogP contribution in [0.1, 0.15) is 36.8 Å². The first kappa shape index (κ1) is 14.1. The fourth-order valence-corrected chi connectivity index (χ4v) is 2.84. The summed E-state index contributed by atoms with van der Waals surface area (Å²) in [6.45, 7) is 3.82. The minimum absolute atomic E-state index is 0.0479. The number of rotatable bonds is 5. The summed E-state index contributed by atoms with van der Waals surface area (Å²) in [4.78, 5) is 12.3. The summed E-state index contributed by atoms with van der Waals surface area (Å²) in [5.74, 6) is 0.703. The van der Waals surface area contributed by atoms with Crippen molar-refractivity contribution in [3.8, 4) is 0 Å². The van der Waals surface area contributed by atoms with Crippen LogP contribution in [0.3, 0.4) is 0 Å². The van der Waals surface area contributed by atoms with Crippen molar-refractivity contribution in [3.63, 3.8) is 0 Å². The van der Waals surface area contributed by atoms with Gasteiger partial charge in [-0.3, -0.25) is 4.79 Å². The molecule has 0 radical (unpaired) electrons. The van der Waals surface area contributed by atoms with Crippen LogP contribution in [0.5, 0.6) is 0 Å². The predicted molar refractivity (Wildman–Crippen MR) is 78.2 cm³/mol. The van der Waals surface area contributed by atoms with E-state index in [9.17, 15) is 4.79 Å². The number of nitrogens with one attached hydrogen (secondary N) is 2. The summed E-state index contributed by atoms with van der Waals surface area (Å²) in [5, 5.41) is 6.23. The molecule has 2 unspecified atom stereocenters. The molecule has 1 aliphatic carbocycles. The van der Waals surface area contributed by atoms with Gasteiger partial charge in [0, 0.05) is 6.54 Å². The Morgan fingerprint density at radius 3 is 2.95 bits per heavy atom. The molecule has 19 heavy (non-hydrogen) atoms. The van der Waals surface area contributed by atoms with Crippen molar-refractivity contribution in [2.75, 3.05) is 20.1 Å². The first-order chi connectivity index (χ1) is 9.22. The lowest BCUT2D eigenvalue weighted by atomic mass is 9.82. The topological polar surface area (TPSA) is 41.1 Å². The number of carbonyl (C=O) groups is 1. The molecule has 0 aromatic heterocycles. The highest BCUT2D eigenvalue weighted by molar-refractivity contribution is 5.84. The molecule has 3 heteroatoms. The van der Waals surface area contributed by atoms with E-state index in [2.05, 4.69) is 35.8 Å². The maximum absolute atomic E-state index is 12.3. The molecule has 0 heterocycles. The Bertz CT molecular complexity index is 431. The molecule has 0 bridgehead atoms. The fourth-order valence-electron chi connectivity index (χ4n) is 2.84. The molecule has 1 amide bonds. The zero-order chi connectivity index (χ0) is 13.7. The summed E-state index contributed by atoms with van der Waals surface area (Å²) in [7, 11) is 1.94. The number of carbonyl (C=O) groups excluding carboxylic acids is 1. The second kappa shape index (κ2) is 6.71. The van der Waals surface area contributed by atoms with Gasteiger partial charge in [0.25, 0.3) is 0 Å². The van der Waals surface area contributed by atoms with E-state index in [4.69, 9.17) is 0 Å². The Morgan fingerprint density at radius 2 is 2.16 bits per heavy atom. The van der Waals surface area contributed by atoms with Gasteiger partial charge in [-0.05, 0) is 49.9 Å². The number of benzene rings is 1. The smallest absolute Gasteiger partial charge is 0.227 e. The molecule has 1 aliphatic rings. The van der Waals surface area contributed by atoms with Gasteiger partial charge in [-0.15, -0.1) is 0 Å². The van der Waals surface area contributed by atoms with Gasteiger partial charge in [-0.1, -0.05) is 31.2 Å². The summed E-state index contributed by atoms with van der Waals surface area (Å²) >= 11 is 0. The standard InChI is InChI=1S/C16H24N2O/c1-12(10-17-2)11-18-16(19)15-9-5-7-13-6-3-4-8-14(13)15/h3-4,6,8,12,15,17H,5,7,9-11H2,1-2H3,(H,18,19). The highest BCUT2D eigenvalue weighted by Gasteiger charge is 2.25. The van der Waals surface area contributed by atoms with Crippen LogP contribution in [0.25, 0.3) is 0 Å². The highest BCUT2D eigenvalue weighted by Crippen LogP contribution is 2.31. The molecule has 2 rings (SSSR count). The lowest BCUT2D eigenvalue weighted by molar-refractivity contribution is -0.123. The summed E-state index contributed by atoms with van der Waals surface area (Å²) in [6, 6.07) is 8.36. The average Bonchev–Trinajstić information content (AvgIpc) is 2.44. The quantitative estimate of drug-likeness (QED) is 0.851. The van der Waals surface area contributed by atoms with Gasteiger partial charge in [0.2, 0.25) is 5.91 Å². The minimum atomic E-state index is 0.0479. The van der Waals surface area contributed by atoms with Gasteiger partial charge >= 0.3 is 0 Å². The third kappa shape index (κ3) is 3.57. The van der Waals surface area contributed by atoms with Crippen LogP contribution in [-0.2, 0) is 11.2 Å². The number of amides is 1. The van der Waals surface area contributed by atoms with E-state index < -0.39 is 0 Å². The van der Waals surface area contributed by atoms with Crippen LogP contribution in [0, 0.1) is 5.92 Å². The van der Waals surface area contributed by atoms with E-state index in [-0.39, 0.29) is 11.8 Å². The maximum atomic E-state index is 12.3. The van der Waals surface area contributed by atoms with E-state index in [0.29, 0.717) is 5.92 Å². The SMILES string of the molecule is CNCC(C)CNC(=O)C1CCCc2ccccc21. The summed E-state index contributed by atoms with van der Waals surface area (Å²) < 4.78 is 0. The van der Waals surface area contributed by atoms with Crippen LogP contribution in [0.15, 0.2) is 24.3 Å². The highest BCUT2D eigenvalue weighted by atomic mass is 16.1. The third-order valence-electron chi connectivity index (χ3n) is 3.86. The second-order valence-corrected chi connectivity index (χ2v) is 5.55. The third-order valence-corrected chi connectivity index (χ3v) is 3.86. The molecule has 2 atom stereocenters. The van der Waals surface area contributed by atoms with Crippen molar-refractivity contribution in [1.82, 2.24) is 10.6 Å². The van der Waals surface area contributed by atoms with E-state index in [1.54, 1.807) is 0 Å². The summed E-state index contributed by atoms with van der Waals surface area (Å²) in [6.07, 6.45) is 3.19. The van der Waals surface area contributed by atoms with E-state index >= 15 is 0 Å². The number of hydrogen-bond acceptors (Lipinski definition) is 2. The molecule has 0 saturated carbocycles. The zero-order valence-electron chi connectivity index (χ0n) is 11.9. The molecule has 0 aliphatic heterocycles. The lowest BCUT2D eigenvalue weighted by Crippen LogP contribution is -2.36. The van der Waals surface area contributed by atoms with Crippen molar-refractivity contribution in [2.24, 2.45) is 5.92 Å². The van der Waals surface area contributed by atoms with Crippen molar-refractivity contribution >= 4 is 5.91 Å². The predicted octanol–water partition coefficient (Wildman–Crippen LogP) is 2.08. The minimum Gasteiger partial charge on any atom is -0.355 e. The first-order valence-electron chi connectivity index (χ1n) is 7.22. The van der Waals surface area contributed by atoms with Gasteiger partial charge in [0.05, 0.1) is 5.92 Å². The molecule has 1 aromatic rings. The Kier molecular flexibility index (Phi) is 4.97. The lowest BCUT2D eigenvalue weighted by Gasteiger charge is -2.25. The Balaban J connectivity index is 1.97. The molecule has 0 spiro atoms. The van der Waals surface area contributed by atoms with E-state index in [1.165, 1.54) is 11.1 Å². The molecule has 0 saturated heterocycles. The van der Waals surface area contributed by atoms with Crippen molar-refractivity contribution in [1.29, 1.82) is 0 Å². The van der Waals surface area contributed by atoms with Crippen molar-refractivity contribution in [3.05, 3.63) is 35.4 Å². The molecule has 0 fully saturated rings. The summed E-state index contributed by atoms with van der Waals surface area (Å²) in [5.41, 5.74) is 2.57. The van der Waals surface area contributed by atoms with E-state index in [1.807, 2.05) is 13.1 Å². The number of hydrogen-bond donors (Lipinski definition) is 2. The molecular weight excluding hydrogens is 236 g/mol. The monoisotopic (exact) mass is 260 g/mol. The molecule has 2 N–H and O–H groups in total.